The van der Waals surface area contributed by atoms with Crippen molar-refractivity contribution < 1.29 is 0 Å². The van der Waals surface area contributed by atoms with Crippen molar-refractivity contribution in [3.63, 3.8) is 0 Å². The van der Waals surface area contributed by atoms with Gasteiger partial charge in [-0.15, -0.1) is 0 Å². The fourth-order valence-corrected chi connectivity index (χ4v) is 2.31. The fourth-order valence-electron chi connectivity index (χ4n) is 2.31. The van der Waals surface area contributed by atoms with Gasteiger partial charge in [0.1, 0.15) is 0 Å². The van der Waals surface area contributed by atoms with Crippen molar-refractivity contribution in [2.45, 2.75) is 32.7 Å². The van der Waals surface area contributed by atoms with Crippen LogP contribution in [0.2, 0.25) is 0 Å². The SMILES string of the molecule is C[C@@H]1C=CC(N2CCNC(C)(C)C2)=CC1. The molecule has 2 heteroatoms. The Labute approximate surface area is 93.0 Å². The van der Waals surface area contributed by atoms with Crippen LogP contribution in [0.4, 0.5) is 0 Å². The summed E-state index contributed by atoms with van der Waals surface area (Å²) in [6.45, 7) is 10.1. The summed E-state index contributed by atoms with van der Waals surface area (Å²) < 4.78 is 0. The minimum absolute atomic E-state index is 0.246. The lowest BCUT2D eigenvalue weighted by molar-refractivity contribution is 0.194. The van der Waals surface area contributed by atoms with Gasteiger partial charge in [-0.1, -0.05) is 19.1 Å². The summed E-state index contributed by atoms with van der Waals surface area (Å²) in [5, 5.41) is 3.54. The molecule has 1 aliphatic carbocycles. The molecule has 0 saturated carbocycles. The van der Waals surface area contributed by atoms with Gasteiger partial charge in [0.15, 0.2) is 0 Å². The lowest BCUT2D eigenvalue weighted by atomic mass is 9.98. The quantitative estimate of drug-likeness (QED) is 0.707. The van der Waals surface area contributed by atoms with Crippen LogP contribution in [0.15, 0.2) is 23.9 Å². The molecule has 15 heavy (non-hydrogen) atoms. The van der Waals surface area contributed by atoms with Gasteiger partial charge in [-0.05, 0) is 32.3 Å². The number of piperazine rings is 1. The molecule has 1 heterocycles. The Morgan fingerprint density at radius 1 is 1.47 bits per heavy atom. The first-order valence-corrected chi connectivity index (χ1v) is 5.95. The largest absolute Gasteiger partial charge is 0.369 e. The van der Waals surface area contributed by atoms with Gasteiger partial charge in [0.05, 0.1) is 0 Å². The summed E-state index contributed by atoms with van der Waals surface area (Å²) in [5.41, 5.74) is 1.67. The summed E-state index contributed by atoms with van der Waals surface area (Å²) in [6, 6.07) is 0. The average Bonchev–Trinajstić information content (AvgIpc) is 2.17. The monoisotopic (exact) mass is 206 g/mol. The van der Waals surface area contributed by atoms with Crippen molar-refractivity contribution in [1.29, 1.82) is 0 Å². The number of rotatable bonds is 1. The molecule has 0 aromatic rings. The number of allylic oxidation sites excluding steroid dienone is 3. The molecule has 0 amide bonds. The Bertz CT molecular complexity index is 289. The lowest BCUT2D eigenvalue weighted by Crippen LogP contribution is -2.56. The summed E-state index contributed by atoms with van der Waals surface area (Å²) in [6.07, 6.45) is 8.18. The van der Waals surface area contributed by atoms with Crippen LogP contribution >= 0.6 is 0 Å². The summed E-state index contributed by atoms with van der Waals surface area (Å²) in [7, 11) is 0. The van der Waals surface area contributed by atoms with Gasteiger partial charge in [0.25, 0.3) is 0 Å². The van der Waals surface area contributed by atoms with Gasteiger partial charge in [-0.2, -0.15) is 0 Å². The maximum atomic E-state index is 3.54. The van der Waals surface area contributed by atoms with Crippen LogP contribution in [0.25, 0.3) is 0 Å². The molecule has 0 aromatic carbocycles. The van der Waals surface area contributed by atoms with E-state index in [1.165, 1.54) is 12.1 Å². The maximum absolute atomic E-state index is 3.54. The number of hydrogen-bond acceptors (Lipinski definition) is 2. The Morgan fingerprint density at radius 3 is 2.87 bits per heavy atom. The second-order valence-electron chi connectivity index (χ2n) is 5.43. The van der Waals surface area contributed by atoms with E-state index < -0.39 is 0 Å². The smallest absolute Gasteiger partial charge is 0.0355 e. The van der Waals surface area contributed by atoms with Crippen LogP contribution in [0.1, 0.15) is 27.2 Å². The molecule has 0 radical (unpaired) electrons. The average molecular weight is 206 g/mol. The van der Waals surface area contributed by atoms with E-state index in [0.717, 1.165) is 19.6 Å². The van der Waals surface area contributed by atoms with Gasteiger partial charge >= 0.3 is 0 Å². The number of nitrogens with one attached hydrogen (secondary N) is 1. The molecule has 1 aliphatic heterocycles. The van der Waals surface area contributed by atoms with E-state index in [1.807, 2.05) is 0 Å². The standard InChI is InChI=1S/C13H22N2/c1-11-4-6-12(7-5-11)15-9-8-14-13(2,3)10-15/h4,6-7,11,14H,5,8-10H2,1-3H3/t11-/m1/s1. The highest BCUT2D eigenvalue weighted by atomic mass is 15.2. The molecule has 0 spiro atoms. The zero-order valence-electron chi connectivity index (χ0n) is 10.1. The molecule has 84 valence electrons. The zero-order chi connectivity index (χ0) is 10.9. The molecule has 0 unspecified atom stereocenters. The summed E-state index contributed by atoms with van der Waals surface area (Å²) in [4.78, 5) is 2.50. The molecular weight excluding hydrogens is 184 g/mol. The molecule has 1 N–H and O–H groups in total. The van der Waals surface area contributed by atoms with Crippen LogP contribution in [-0.2, 0) is 0 Å². The zero-order valence-corrected chi connectivity index (χ0v) is 10.1. The lowest BCUT2D eigenvalue weighted by Gasteiger charge is -2.41. The predicted molar refractivity (Wildman–Crippen MR) is 64.7 cm³/mol. The molecular formula is C13H22N2. The van der Waals surface area contributed by atoms with E-state index in [4.69, 9.17) is 0 Å². The van der Waals surface area contributed by atoms with Crippen molar-refractivity contribution in [1.82, 2.24) is 10.2 Å². The first-order valence-electron chi connectivity index (χ1n) is 5.95. The second kappa shape index (κ2) is 4.01. The molecule has 2 nitrogen and oxygen atoms in total. The Hall–Kier alpha value is -0.760. The Balaban J connectivity index is 2.02. The summed E-state index contributed by atoms with van der Waals surface area (Å²) in [5.74, 6) is 0.713. The van der Waals surface area contributed by atoms with Gasteiger partial charge in [-0.25, -0.2) is 0 Å². The minimum Gasteiger partial charge on any atom is -0.369 e. The van der Waals surface area contributed by atoms with Crippen LogP contribution in [0.3, 0.4) is 0 Å². The summed E-state index contributed by atoms with van der Waals surface area (Å²) >= 11 is 0. The minimum atomic E-state index is 0.246. The van der Waals surface area contributed by atoms with Crippen LogP contribution in [0.5, 0.6) is 0 Å². The molecule has 1 saturated heterocycles. The number of nitrogens with zero attached hydrogens (tertiary/aromatic N) is 1. The highest BCUT2D eigenvalue weighted by molar-refractivity contribution is 5.23. The van der Waals surface area contributed by atoms with E-state index in [2.05, 4.69) is 49.2 Å². The van der Waals surface area contributed by atoms with E-state index in [0.29, 0.717) is 5.92 Å². The van der Waals surface area contributed by atoms with E-state index in [9.17, 15) is 0 Å². The molecule has 0 bridgehead atoms. The van der Waals surface area contributed by atoms with E-state index in [-0.39, 0.29) is 5.54 Å². The fraction of sp³-hybridized carbons (Fsp3) is 0.692. The Morgan fingerprint density at radius 2 is 2.27 bits per heavy atom. The van der Waals surface area contributed by atoms with Gasteiger partial charge in [0.2, 0.25) is 0 Å². The Kier molecular flexibility index (Phi) is 2.87. The molecule has 1 atom stereocenters. The van der Waals surface area contributed by atoms with Crippen LogP contribution < -0.4 is 5.32 Å². The van der Waals surface area contributed by atoms with Crippen molar-refractivity contribution in [3.05, 3.63) is 23.9 Å². The predicted octanol–water partition coefficient (Wildman–Crippen LogP) is 2.15. The van der Waals surface area contributed by atoms with Crippen molar-refractivity contribution in [3.8, 4) is 0 Å². The van der Waals surface area contributed by atoms with Crippen molar-refractivity contribution >= 4 is 0 Å². The second-order valence-corrected chi connectivity index (χ2v) is 5.43. The van der Waals surface area contributed by atoms with Crippen molar-refractivity contribution in [2.24, 2.45) is 5.92 Å². The topological polar surface area (TPSA) is 15.3 Å². The highest BCUT2D eigenvalue weighted by Crippen LogP contribution is 2.21. The normalized spacial score (nSPS) is 30.2. The molecule has 2 rings (SSSR count). The van der Waals surface area contributed by atoms with Crippen LogP contribution in [-0.4, -0.2) is 30.1 Å². The third-order valence-corrected chi connectivity index (χ3v) is 3.23. The van der Waals surface area contributed by atoms with Crippen LogP contribution in [0, 0.1) is 5.92 Å². The van der Waals surface area contributed by atoms with E-state index in [1.54, 1.807) is 0 Å². The van der Waals surface area contributed by atoms with E-state index >= 15 is 0 Å². The third kappa shape index (κ3) is 2.63. The molecule has 2 aliphatic rings. The molecule has 1 fully saturated rings. The van der Waals surface area contributed by atoms with Crippen molar-refractivity contribution in [2.75, 3.05) is 19.6 Å². The molecule has 0 aromatic heterocycles. The first kappa shape index (κ1) is 10.7. The first-order chi connectivity index (χ1) is 7.07. The third-order valence-electron chi connectivity index (χ3n) is 3.23. The van der Waals surface area contributed by atoms with Gasteiger partial charge in [-0.3, -0.25) is 0 Å². The highest BCUT2D eigenvalue weighted by Gasteiger charge is 2.26. The van der Waals surface area contributed by atoms with Gasteiger partial charge < -0.3 is 10.2 Å². The number of hydrogen-bond donors (Lipinski definition) is 1. The maximum Gasteiger partial charge on any atom is 0.0355 e. The van der Waals surface area contributed by atoms with Gasteiger partial charge in [0, 0.05) is 30.9 Å².